The molecule has 0 aliphatic carbocycles. The van der Waals surface area contributed by atoms with Gasteiger partial charge in [-0.25, -0.2) is 0 Å². The van der Waals surface area contributed by atoms with E-state index in [2.05, 4.69) is 33.6 Å². The van der Waals surface area contributed by atoms with Crippen molar-refractivity contribution in [2.24, 2.45) is 0 Å². The van der Waals surface area contributed by atoms with Crippen LogP contribution in [0, 0.1) is 0 Å². The molecule has 138 valence electrons. The van der Waals surface area contributed by atoms with Crippen molar-refractivity contribution in [3.8, 4) is 11.4 Å². The summed E-state index contributed by atoms with van der Waals surface area (Å²) < 4.78 is 1.99. The molecule has 1 unspecified atom stereocenters. The summed E-state index contributed by atoms with van der Waals surface area (Å²) in [4.78, 5) is 18.8. The van der Waals surface area contributed by atoms with Crippen molar-refractivity contribution in [1.29, 1.82) is 0 Å². The molecule has 0 radical (unpaired) electrons. The van der Waals surface area contributed by atoms with E-state index < -0.39 is 0 Å². The zero-order valence-electron chi connectivity index (χ0n) is 15.2. The van der Waals surface area contributed by atoms with E-state index in [9.17, 15) is 4.79 Å². The number of amides is 1. The number of likely N-dealkylation sites (tertiary alicyclic amines) is 1. The monoisotopic (exact) mass is 371 g/mol. The minimum absolute atomic E-state index is 0.195. The predicted octanol–water partition coefficient (Wildman–Crippen LogP) is 3.41. The molecule has 1 saturated heterocycles. The molecule has 0 saturated carbocycles. The first-order chi connectivity index (χ1) is 12.7. The lowest BCUT2D eigenvalue weighted by Crippen LogP contribution is -2.44. The van der Waals surface area contributed by atoms with Gasteiger partial charge in [-0.15, -0.1) is 16.8 Å². The molecule has 1 aliphatic rings. The van der Waals surface area contributed by atoms with E-state index in [0.717, 1.165) is 42.4 Å². The van der Waals surface area contributed by atoms with Crippen LogP contribution < -0.4 is 0 Å². The molecule has 0 N–H and O–H groups in total. The van der Waals surface area contributed by atoms with Crippen molar-refractivity contribution in [1.82, 2.24) is 24.6 Å². The van der Waals surface area contributed by atoms with Gasteiger partial charge in [0.25, 0.3) is 0 Å². The maximum Gasteiger partial charge on any atom is 0.233 e. The lowest BCUT2D eigenvalue weighted by atomic mass is 10.0. The summed E-state index contributed by atoms with van der Waals surface area (Å²) >= 11 is 1.45. The second kappa shape index (κ2) is 8.98. The average Bonchev–Trinajstić information content (AvgIpc) is 3.09. The van der Waals surface area contributed by atoms with Gasteiger partial charge in [-0.1, -0.05) is 24.8 Å². The molecule has 1 atom stereocenters. The Labute approximate surface area is 158 Å². The first-order valence-electron chi connectivity index (χ1n) is 9.11. The molecule has 1 fully saturated rings. The van der Waals surface area contributed by atoms with Crippen LogP contribution in [0.1, 0.15) is 32.6 Å². The normalized spacial score (nSPS) is 17.3. The second-order valence-electron chi connectivity index (χ2n) is 6.38. The van der Waals surface area contributed by atoms with Gasteiger partial charge in [-0.2, -0.15) is 0 Å². The van der Waals surface area contributed by atoms with Gasteiger partial charge in [-0.05, 0) is 37.8 Å². The van der Waals surface area contributed by atoms with E-state index in [4.69, 9.17) is 0 Å². The highest BCUT2D eigenvalue weighted by Gasteiger charge is 2.25. The molecule has 2 aromatic heterocycles. The number of aromatic nitrogens is 4. The molecule has 1 aliphatic heterocycles. The standard InChI is InChI=1S/C19H25N5OS/c1-3-12-24-18(15-8-10-20-11-9-15)21-22-19(24)26-14-17(25)23-13-6-5-7-16(23)4-2/h3,8-11,16H,1,4-7,12-14H2,2H3. The van der Waals surface area contributed by atoms with Crippen LogP contribution in [0.15, 0.2) is 42.3 Å². The number of thioether (sulfide) groups is 1. The van der Waals surface area contributed by atoms with Gasteiger partial charge in [0.2, 0.25) is 5.91 Å². The van der Waals surface area contributed by atoms with Crippen LogP contribution in [0.3, 0.4) is 0 Å². The third-order valence-corrected chi connectivity index (χ3v) is 5.66. The predicted molar refractivity (Wildman–Crippen MR) is 104 cm³/mol. The Balaban J connectivity index is 1.72. The smallest absolute Gasteiger partial charge is 0.233 e. The van der Waals surface area contributed by atoms with Gasteiger partial charge in [0.1, 0.15) is 0 Å². The zero-order valence-corrected chi connectivity index (χ0v) is 16.0. The Kier molecular flexibility index (Phi) is 6.44. The quantitative estimate of drug-likeness (QED) is 0.551. The molecule has 26 heavy (non-hydrogen) atoms. The zero-order chi connectivity index (χ0) is 18.4. The van der Waals surface area contributed by atoms with Gasteiger partial charge in [0, 0.05) is 37.1 Å². The number of nitrogens with zero attached hydrogens (tertiary/aromatic N) is 5. The van der Waals surface area contributed by atoms with Crippen molar-refractivity contribution >= 4 is 17.7 Å². The third kappa shape index (κ3) is 4.15. The van der Waals surface area contributed by atoms with Gasteiger partial charge in [0.05, 0.1) is 5.75 Å². The van der Waals surface area contributed by atoms with Crippen LogP contribution in [0.2, 0.25) is 0 Å². The van der Waals surface area contributed by atoms with E-state index in [1.807, 2.05) is 22.8 Å². The fraction of sp³-hybridized carbons (Fsp3) is 0.474. The molecule has 1 amide bonds. The van der Waals surface area contributed by atoms with Gasteiger partial charge >= 0.3 is 0 Å². The van der Waals surface area contributed by atoms with Gasteiger partial charge in [0.15, 0.2) is 11.0 Å². The number of rotatable bonds is 7. The topological polar surface area (TPSA) is 63.9 Å². The van der Waals surface area contributed by atoms with Crippen molar-refractivity contribution < 1.29 is 4.79 Å². The second-order valence-corrected chi connectivity index (χ2v) is 7.32. The molecular weight excluding hydrogens is 346 g/mol. The van der Waals surface area contributed by atoms with Crippen molar-refractivity contribution in [3.63, 3.8) is 0 Å². The highest BCUT2D eigenvalue weighted by Crippen LogP contribution is 2.25. The molecule has 0 bridgehead atoms. The lowest BCUT2D eigenvalue weighted by Gasteiger charge is -2.35. The summed E-state index contributed by atoms with van der Waals surface area (Å²) in [5, 5.41) is 9.37. The minimum atomic E-state index is 0.195. The Morgan fingerprint density at radius 2 is 2.15 bits per heavy atom. The summed E-state index contributed by atoms with van der Waals surface area (Å²) in [6, 6.07) is 4.20. The third-order valence-electron chi connectivity index (χ3n) is 4.71. The van der Waals surface area contributed by atoms with Crippen molar-refractivity contribution in [3.05, 3.63) is 37.2 Å². The number of piperidine rings is 1. The molecule has 0 aromatic carbocycles. The first-order valence-corrected chi connectivity index (χ1v) is 10.1. The van der Waals surface area contributed by atoms with Crippen LogP contribution in [-0.4, -0.2) is 48.9 Å². The van der Waals surface area contributed by atoms with Crippen molar-refractivity contribution in [2.75, 3.05) is 12.3 Å². The molecule has 2 aromatic rings. The number of carbonyl (C=O) groups is 1. The van der Waals surface area contributed by atoms with Crippen LogP contribution in [0.5, 0.6) is 0 Å². The molecule has 7 heteroatoms. The van der Waals surface area contributed by atoms with Gasteiger partial charge < -0.3 is 4.90 Å². The first kappa shape index (κ1) is 18.6. The van der Waals surface area contributed by atoms with Crippen LogP contribution in [-0.2, 0) is 11.3 Å². The fourth-order valence-electron chi connectivity index (χ4n) is 3.37. The van der Waals surface area contributed by atoms with Crippen molar-refractivity contribution in [2.45, 2.75) is 50.4 Å². The SMILES string of the molecule is C=CCn1c(SCC(=O)N2CCCCC2CC)nnc1-c1ccncc1. The van der Waals surface area contributed by atoms with E-state index in [1.54, 1.807) is 12.4 Å². The van der Waals surface area contributed by atoms with Crippen LogP contribution in [0.25, 0.3) is 11.4 Å². The highest BCUT2D eigenvalue weighted by molar-refractivity contribution is 7.99. The Hall–Kier alpha value is -2.15. The molecule has 6 nitrogen and oxygen atoms in total. The largest absolute Gasteiger partial charge is 0.339 e. The summed E-state index contributed by atoms with van der Waals surface area (Å²) in [5.74, 6) is 1.36. The average molecular weight is 372 g/mol. The number of hydrogen-bond acceptors (Lipinski definition) is 5. The van der Waals surface area contributed by atoms with E-state index in [0.29, 0.717) is 18.3 Å². The molecule has 0 spiro atoms. The van der Waals surface area contributed by atoms with Crippen LogP contribution in [0.4, 0.5) is 0 Å². The summed E-state index contributed by atoms with van der Waals surface area (Å²) in [5.41, 5.74) is 0.953. The fourth-order valence-corrected chi connectivity index (χ4v) is 4.20. The molecule has 3 heterocycles. The minimum Gasteiger partial charge on any atom is -0.339 e. The Morgan fingerprint density at radius 1 is 1.35 bits per heavy atom. The lowest BCUT2D eigenvalue weighted by molar-refractivity contribution is -0.132. The molecule has 3 rings (SSSR count). The van der Waals surface area contributed by atoms with Crippen LogP contribution >= 0.6 is 11.8 Å². The summed E-state index contributed by atoms with van der Waals surface area (Å²) in [6.07, 6.45) is 9.75. The number of hydrogen-bond donors (Lipinski definition) is 0. The van der Waals surface area contributed by atoms with E-state index >= 15 is 0 Å². The Morgan fingerprint density at radius 3 is 2.88 bits per heavy atom. The maximum absolute atomic E-state index is 12.7. The summed E-state index contributed by atoms with van der Waals surface area (Å²) in [6.45, 7) is 7.46. The summed E-state index contributed by atoms with van der Waals surface area (Å²) in [7, 11) is 0. The van der Waals surface area contributed by atoms with E-state index in [1.165, 1.54) is 18.2 Å². The Bertz CT molecular complexity index is 746. The number of pyridine rings is 1. The number of allylic oxidation sites excluding steroid dienone is 1. The maximum atomic E-state index is 12.7. The van der Waals surface area contributed by atoms with Gasteiger partial charge in [-0.3, -0.25) is 14.3 Å². The number of carbonyl (C=O) groups excluding carboxylic acids is 1. The molecular formula is C19H25N5OS. The highest BCUT2D eigenvalue weighted by atomic mass is 32.2. The van der Waals surface area contributed by atoms with E-state index in [-0.39, 0.29) is 5.91 Å².